The molecule has 2 aliphatic heterocycles. The van der Waals surface area contributed by atoms with E-state index in [1.54, 1.807) is 11.1 Å². The third-order valence-electron chi connectivity index (χ3n) is 4.57. The van der Waals surface area contributed by atoms with E-state index in [1.807, 2.05) is 37.3 Å². The fourth-order valence-electron chi connectivity index (χ4n) is 3.60. The molecule has 2 N–H and O–H groups in total. The van der Waals surface area contributed by atoms with Gasteiger partial charge in [0.1, 0.15) is 5.54 Å². The van der Waals surface area contributed by atoms with Crippen molar-refractivity contribution in [3.05, 3.63) is 48.5 Å². The summed E-state index contributed by atoms with van der Waals surface area (Å²) in [6.45, 7) is 7.13. The molecule has 0 bridgehead atoms. The first-order valence-corrected chi connectivity index (χ1v) is 7.11. The van der Waals surface area contributed by atoms with Gasteiger partial charge in [0.25, 0.3) is 0 Å². The van der Waals surface area contributed by atoms with E-state index in [0.717, 1.165) is 11.1 Å². The minimum Gasteiger partial charge on any atom is -0.421 e. The largest absolute Gasteiger partial charge is 1.00 e. The van der Waals surface area contributed by atoms with Gasteiger partial charge in [-0.25, -0.2) is 0 Å². The minimum absolute atomic E-state index is 0. The van der Waals surface area contributed by atoms with Crippen LogP contribution in [-0.4, -0.2) is 27.2 Å². The molecule has 3 atom stereocenters. The molecule has 3 rings (SSSR count). The predicted molar refractivity (Wildman–Crippen MR) is 81.5 cm³/mol. The van der Waals surface area contributed by atoms with Gasteiger partial charge in [-0.1, -0.05) is 38.1 Å². The van der Waals surface area contributed by atoms with Crippen molar-refractivity contribution >= 4 is 17.7 Å². The van der Waals surface area contributed by atoms with Crippen molar-refractivity contribution in [1.82, 2.24) is 4.90 Å². The van der Waals surface area contributed by atoms with Crippen LogP contribution in [0.4, 0.5) is 0 Å². The summed E-state index contributed by atoms with van der Waals surface area (Å²) in [6, 6.07) is 7.80. The molecule has 4 nitrogen and oxygen atoms in total. The van der Waals surface area contributed by atoms with Crippen LogP contribution in [0, 0.1) is 18.3 Å². The van der Waals surface area contributed by atoms with Gasteiger partial charge >= 0.3 is 51.4 Å². The molecule has 0 radical (unpaired) electrons. The Morgan fingerprint density at radius 1 is 1.45 bits per heavy atom. The molecular weight excluding hydrogens is 303 g/mol. The van der Waals surface area contributed by atoms with Crippen LogP contribution >= 0.6 is 0 Å². The molecule has 2 aliphatic rings. The molecule has 0 spiro atoms. The van der Waals surface area contributed by atoms with Gasteiger partial charge in [-0.2, -0.15) is 0 Å². The fourth-order valence-corrected chi connectivity index (χ4v) is 3.60. The minimum atomic E-state index is -1.49. The van der Waals surface area contributed by atoms with Crippen LogP contribution in [0.5, 0.6) is 0 Å². The molecule has 1 fully saturated rings. The smallest absolute Gasteiger partial charge is 0.421 e. The summed E-state index contributed by atoms with van der Waals surface area (Å²) in [6.07, 6.45) is 4.20. The zero-order valence-electron chi connectivity index (χ0n) is 13.3. The average molecular weight is 322 g/mol. The number of carbonyl (C=O) groups excluding carboxylic acids is 1. The molecule has 2 heterocycles. The van der Waals surface area contributed by atoms with Crippen LogP contribution in [0.2, 0.25) is 0 Å². The molecular formula is C17H19KN2O2. The Kier molecular flexibility index (Phi) is 4.89. The van der Waals surface area contributed by atoms with Crippen molar-refractivity contribution < 1.29 is 61.3 Å². The second kappa shape index (κ2) is 5.96. The summed E-state index contributed by atoms with van der Waals surface area (Å²) in [4.78, 5) is 14.3. The molecule has 1 amide bonds. The van der Waals surface area contributed by atoms with Crippen LogP contribution in [-0.2, 0) is 10.3 Å². The number of carbonyl (C=O) groups is 1. The molecule has 1 saturated heterocycles. The Morgan fingerprint density at radius 3 is 2.68 bits per heavy atom. The molecule has 0 saturated carbocycles. The summed E-state index contributed by atoms with van der Waals surface area (Å²) in [5.41, 5.74) is -0.102. The Morgan fingerprint density at radius 2 is 2.09 bits per heavy atom. The Bertz CT molecular complexity index is 663. The second-order valence-corrected chi connectivity index (χ2v) is 6.03. The zero-order valence-corrected chi connectivity index (χ0v) is 16.4. The van der Waals surface area contributed by atoms with E-state index >= 15 is 0 Å². The molecule has 22 heavy (non-hydrogen) atoms. The van der Waals surface area contributed by atoms with Gasteiger partial charge < -0.3 is 22.3 Å². The van der Waals surface area contributed by atoms with Crippen LogP contribution in [0.15, 0.2) is 30.5 Å². The van der Waals surface area contributed by atoms with Crippen molar-refractivity contribution in [2.24, 2.45) is 5.92 Å². The molecule has 0 aromatic heterocycles. The maximum absolute atomic E-state index is 12.7. The number of benzene rings is 1. The van der Waals surface area contributed by atoms with E-state index in [1.165, 1.54) is 6.92 Å². The molecule has 1 aromatic rings. The van der Waals surface area contributed by atoms with Gasteiger partial charge in [-0.3, -0.25) is 4.79 Å². The molecule has 5 heteroatoms. The van der Waals surface area contributed by atoms with Crippen molar-refractivity contribution in [2.45, 2.75) is 31.4 Å². The summed E-state index contributed by atoms with van der Waals surface area (Å²) < 4.78 is 0. The third kappa shape index (κ3) is 2.30. The van der Waals surface area contributed by atoms with Crippen LogP contribution < -0.4 is 51.4 Å². The fraction of sp³-hybridized carbons (Fsp3) is 0.353. The van der Waals surface area contributed by atoms with Gasteiger partial charge in [0, 0.05) is 6.20 Å². The number of hydrogen-bond acceptors (Lipinski definition) is 3. The number of nitrogens with zero attached hydrogens (tertiary/aromatic N) is 1. The second-order valence-electron chi connectivity index (χ2n) is 6.03. The van der Waals surface area contributed by atoms with E-state index in [2.05, 4.69) is 6.92 Å². The van der Waals surface area contributed by atoms with E-state index in [0.29, 0.717) is 6.42 Å². The quantitative estimate of drug-likeness (QED) is 0.561. The number of fused-ring (bicyclic) bond motifs is 3. The standard InChI is InChI=1S/C17H19N2O2.K/c1-4-17-12-8-6-5-7-11(12)9-10-19(17)15(20)13(14(17)18)16(2,3)21;/h5-10,13,18,21H,2,4H2,1,3H3;/q-1;+1. The van der Waals surface area contributed by atoms with Gasteiger partial charge in [0.05, 0.1) is 11.6 Å². The first-order chi connectivity index (χ1) is 9.84. The predicted octanol–water partition coefficient (Wildman–Crippen LogP) is -0.657. The number of rotatable bonds is 2. The van der Waals surface area contributed by atoms with E-state index < -0.39 is 17.1 Å². The van der Waals surface area contributed by atoms with E-state index in [4.69, 9.17) is 5.41 Å². The van der Waals surface area contributed by atoms with Gasteiger partial charge in [0.15, 0.2) is 0 Å². The van der Waals surface area contributed by atoms with Crippen molar-refractivity contribution in [1.29, 1.82) is 5.41 Å². The van der Waals surface area contributed by atoms with Crippen LogP contribution in [0.25, 0.3) is 6.08 Å². The van der Waals surface area contributed by atoms with Gasteiger partial charge in [-0.05, 0) is 29.2 Å². The van der Waals surface area contributed by atoms with Crippen LogP contribution in [0.3, 0.4) is 0 Å². The summed E-state index contributed by atoms with van der Waals surface area (Å²) in [5, 5.41) is 18.8. The summed E-state index contributed by atoms with van der Waals surface area (Å²) in [5.74, 6) is -1.17. The summed E-state index contributed by atoms with van der Waals surface area (Å²) in [7, 11) is 0. The molecule has 3 unspecified atom stereocenters. The zero-order chi connectivity index (χ0) is 15.4. The Hall–Kier alpha value is -0.304. The maximum atomic E-state index is 12.7. The first-order valence-electron chi connectivity index (χ1n) is 7.11. The topological polar surface area (TPSA) is 64.4 Å². The Balaban J connectivity index is 0.00000176. The average Bonchev–Trinajstić information content (AvgIpc) is 2.67. The number of nitrogens with one attached hydrogen (secondary N) is 1. The van der Waals surface area contributed by atoms with Crippen molar-refractivity contribution in [3.63, 3.8) is 0 Å². The first kappa shape index (κ1) is 18.0. The normalized spacial score (nSPS) is 28.7. The SMILES string of the molecule is [CH2-]C(C)(O)C1C(=N)C2(CC)c3ccccc3C=CN2C1=O.[K+]. The monoisotopic (exact) mass is 322 g/mol. The van der Waals surface area contributed by atoms with Crippen LogP contribution in [0.1, 0.15) is 31.4 Å². The molecule has 0 aliphatic carbocycles. The van der Waals surface area contributed by atoms with Crippen molar-refractivity contribution in [2.75, 3.05) is 0 Å². The third-order valence-corrected chi connectivity index (χ3v) is 4.57. The summed E-state index contributed by atoms with van der Waals surface area (Å²) >= 11 is 0. The van der Waals surface area contributed by atoms with E-state index in [9.17, 15) is 9.90 Å². The van der Waals surface area contributed by atoms with E-state index in [-0.39, 0.29) is 63.0 Å². The number of hydrogen-bond donors (Lipinski definition) is 2. The van der Waals surface area contributed by atoms with Crippen molar-refractivity contribution in [3.8, 4) is 0 Å². The van der Waals surface area contributed by atoms with Gasteiger partial charge in [-0.15, -0.1) is 0 Å². The maximum Gasteiger partial charge on any atom is 1.00 e. The Labute approximate surface area is 173 Å². The van der Waals surface area contributed by atoms with Gasteiger partial charge in [0.2, 0.25) is 5.91 Å². The number of amides is 1. The molecule has 110 valence electrons. The molecule has 1 aromatic carbocycles. The number of aliphatic hydroxyl groups is 1.